The van der Waals surface area contributed by atoms with Crippen molar-refractivity contribution in [1.29, 1.82) is 0 Å². The van der Waals surface area contributed by atoms with Gasteiger partial charge in [-0.3, -0.25) is 9.59 Å². The standard InChI is InChI=1S/C11H17N3O2.ClH/c15-10-3-8(6-14(10)9-1-2-9)13-11(16)7-4-12-5-7;/h7-9,12H,1-6H2,(H,13,16);1H. The molecule has 2 N–H and O–H groups in total. The van der Waals surface area contributed by atoms with Crippen molar-refractivity contribution in [3.05, 3.63) is 0 Å². The van der Waals surface area contributed by atoms with Crippen LogP contribution < -0.4 is 10.6 Å². The van der Waals surface area contributed by atoms with Gasteiger partial charge >= 0.3 is 0 Å². The highest BCUT2D eigenvalue weighted by molar-refractivity contribution is 5.85. The molecule has 2 aliphatic heterocycles. The number of carbonyl (C=O) groups is 2. The van der Waals surface area contributed by atoms with E-state index in [0.29, 0.717) is 12.5 Å². The van der Waals surface area contributed by atoms with Crippen LogP contribution in [0, 0.1) is 5.92 Å². The average Bonchev–Trinajstić information content (AvgIpc) is 2.89. The second-order valence-electron chi connectivity index (χ2n) is 5.04. The molecule has 96 valence electrons. The van der Waals surface area contributed by atoms with E-state index < -0.39 is 0 Å². The Kier molecular flexibility index (Phi) is 3.58. The molecule has 3 rings (SSSR count). The predicted octanol–water partition coefficient (Wildman–Crippen LogP) is -0.493. The Bertz CT molecular complexity index is 329. The van der Waals surface area contributed by atoms with E-state index in [9.17, 15) is 9.59 Å². The van der Waals surface area contributed by atoms with Gasteiger partial charge in [-0.05, 0) is 12.8 Å². The lowest BCUT2D eigenvalue weighted by atomic mass is 10.0. The highest BCUT2D eigenvalue weighted by Crippen LogP contribution is 2.30. The fraction of sp³-hybridized carbons (Fsp3) is 0.818. The Balaban J connectivity index is 0.00000108. The Morgan fingerprint density at radius 3 is 2.59 bits per heavy atom. The van der Waals surface area contributed by atoms with E-state index in [2.05, 4.69) is 10.6 Å². The molecule has 1 unspecified atom stereocenters. The summed E-state index contributed by atoms with van der Waals surface area (Å²) in [5.74, 6) is 0.429. The Morgan fingerprint density at radius 1 is 1.35 bits per heavy atom. The molecule has 0 radical (unpaired) electrons. The first-order valence-electron chi connectivity index (χ1n) is 6.04. The molecular weight excluding hydrogens is 242 g/mol. The van der Waals surface area contributed by atoms with Gasteiger partial charge in [-0.1, -0.05) is 0 Å². The second kappa shape index (κ2) is 4.82. The van der Waals surface area contributed by atoms with Gasteiger partial charge in [0.1, 0.15) is 0 Å². The van der Waals surface area contributed by atoms with Crippen molar-refractivity contribution in [2.75, 3.05) is 19.6 Å². The summed E-state index contributed by atoms with van der Waals surface area (Å²) < 4.78 is 0. The number of nitrogens with one attached hydrogen (secondary N) is 2. The molecule has 2 heterocycles. The Morgan fingerprint density at radius 2 is 2.06 bits per heavy atom. The van der Waals surface area contributed by atoms with Crippen LogP contribution in [0.3, 0.4) is 0 Å². The minimum atomic E-state index is 0. The van der Waals surface area contributed by atoms with Crippen LogP contribution in [0.15, 0.2) is 0 Å². The van der Waals surface area contributed by atoms with Crippen molar-refractivity contribution in [3.63, 3.8) is 0 Å². The molecule has 6 heteroatoms. The number of carbonyl (C=O) groups excluding carboxylic acids is 2. The summed E-state index contributed by atoms with van der Waals surface area (Å²) in [6, 6.07) is 0.515. The van der Waals surface area contributed by atoms with Crippen LogP contribution in [-0.4, -0.2) is 48.4 Å². The number of hydrogen-bond acceptors (Lipinski definition) is 3. The molecule has 0 aromatic heterocycles. The topological polar surface area (TPSA) is 61.4 Å². The normalized spacial score (nSPS) is 28.6. The molecule has 0 aromatic rings. The van der Waals surface area contributed by atoms with Crippen molar-refractivity contribution in [2.45, 2.75) is 31.3 Å². The van der Waals surface area contributed by atoms with Crippen molar-refractivity contribution in [1.82, 2.24) is 15.5 Å². The van der Waals surface area contributed by atoms with Gasteiger partial charge in [0.05, 0.1) is 12.0 Å². The maximum absolute atomic E-state index is 11.7. The van der Waals surface area contributed by atoms with Crippen molar-refractivity contribution in [3.8, 4) is 0 Å². The van der Waals surface area contributed by atoms with Crippen molar-refractivity contribution in [2.24, 2.45) is 5.92 Å². The largest absolute Gasteiger partial charge is 0.351 e. The van der Waals surface area contributed by atoms with E-state index in [1.807, 2.05) is 4.90 Å². The third kappa shape index (κ3) is 2.55. The highest BCUT2D eigenvalue weighted by atomic mass is 35.5. The first kappa shape index (κ1) is 12.6. The SMILES string of the molecule is Cl.O=C(NC1CC(=O)N(C2CC2)C1)C1CNC1. The Hall–Kier alpha value is -0.810. The molecule has 2 amide bonds. The molecule has 3 fully saturated rings. The lowest BCUT2D eigenvalue weighted by Crippen LogP contribution is -2.53. The summed E-state index contributed by atoms with van der Waals surface area (Å²) in [6.07, 6.45) is 2.76. The predicted molar refractivity (Wildman–Crippen MR) is 64.9 cm³/mol. The Labute approximate surface area is 107 Å². The quantitative estimate of drug-likeness (QED) is 0.719. The molecule has 5 nitrogen and oxygen atoms in total. The molecular formula is C11H18ClN3O2. The van der Waals surface area contributed by atoms with Gasteiger partial charge in [0.2, 0.25) is 11.8 Å². The zero-order valence-corrected chi connectivity index (χ0v) is 10.5. The van der Waals surface area contributed by atoms with E-state index in [4.69, 9.17) is 0 Å². The monoisotopic (exact) mass is 259 g/mol. The maximum atomic E-state index is 11.7. The van der Waals surface area contributed by atoms with Gasteiger partial charge in [0, 0.05) is 32.1 Å². The molecule has 0 spiro atoms. The van der Waals surface area contributed by atoms with Gasteiger partial charge in [-0.25, -0.2) is 0 Å². The summed E-state index contributed by atoms with van der Waals surface area (Å²) in [4.78, 5) is 25.3. The number of hydrogen-bond donors (Lipinski definition) is 2. The van der Waals surface area contributed by atoms with Gasteiger partial charge in [-0.2, -0.15) is 0 Å². The third-order valence-electron chi connectivity index (χ3n) is 3.64. The van der Waals surface area contributed by atoms with Crippen LogP contribution in [0.1, 0.15) is 19.3 Å². The smallest absolute Gasteiger partial charge is 0.225 e. The summed E-state index contributed by atoms with van der Waals surface area (Å²) in [5, 5.41) is 6.06. The number of amides is 2. The lowest BCUT2D eigenvalue weighted by molar-refractivity contribution is -0.128. The van der Waals surface area contributed by atoms with Crippen LogP contribution in [0.5, 0.6) is 0 Å². The van der Waals surface area contributed by atoms with Gasteiger partial charge in [0.15, 0.2) is 0 Å². The van der Waals surface area contributed by atoms with Crippen LogP contribution in [0.25, 0.3) is 0 Å². The van der Waals surface area contributed by atoms with E-state index >= 15 is 0 Å². The number of likely N-dealkylation sites (tertiary alicyclic amines) is 1. The zero-order valence-electron chi connectivity index (χ0n) is 9.65. The number of nitrogens with zero attached hydrogens (tertiary/aromatic N) is 1. The first-order chi connectivity index (χ1) is 7.74. The van der Waals surface area contributed by atoms with Gasteiger partial charge in [0.25, 0.3) is 0 Å². The average molecular weight is 260 g/mol. The van der Waals surface area contributed by atoms with Gasteiger partial charge in [-0.15, -0.1) is 12.4 Å². The number of rotatable bonds is 3. The minimum Gasteiger partial charge on any atom is -0.351 e. The van der Waals surface area contributed by atoms with E-state index in [1.165, 1.54) is 0 Å². The summed E-state index contributed by atoms with van der Waals surface area (Å²) in [7, 11) is 0. The first-order valence-corrected chi connectivity index (χ1v) is 6.04. The lowest BCUT2D eigenvalue weighted by Gasteiger charge is -2.27. The molecule has 1 saturated carbocycles. The van der Waals surface area contributed by atoms with E-state index in [1.54, 1.807) is 0 Å². The van der Waals surface area contributed by atoms with Crippen LogP contribution in [-0.2, 0) is 9.59 Å². The fourth-order valence-electron chi connectivity index (χ4n) is 2.36. The fourth-order valence-corrected chi connectivity index (χ4v) is 2.36. The zero-order chi connectivity index (χ0) is 11.1. The second-order valence-corrected chi connectivity index (χ2v) is 5.04. The maximum Gasteiger partial charge on any atom is 0.225 e. The molecule has 3 aliphatic rings. The van der Waals surface area contributed by atoms with Crippen LogP contribution >= 0.6 is 12.4 Å². The van der Waals surface area contributed by atoms with E-state index in [0.717, 1.165) is 32.5 Å². The summed E-state index contributed by atoms with van der Waals surface area (Å²) in [6.45, 7) is 2.27. The number of halogens is 1. The van der Waals surface area contributed by atoms with Crippen LogP contribution in [0.2, 0.25) is 0 Å². The van der Waals surface area contributed by atoms with Crippen molar-refractivity contribution >= 4 is 24.2 Å². The molecule has 2 saturated heterocycles. The van der Waals surface area contributed by atoms with Crippen LogP contribution in [0.4, 0.5) is 0 Å². The molecule has 0 aromatic carbocycles. The highest BCUT2D eigenvalue weighted by Gasteiger charge is 2.40. The summed E-state index contributed by atoms with van der Waals surface area (Å²) in [5.41, 5.74) is 0. The van der Waals surface area contributed by atoms with E-state index in [-0.39, 0.29) is 36.2 Å². The minimum absolute atomic E-state index is 0. The van der Waals surface area contributed by atoms with Gasteiger partial charge < -0.3 is 15.5 Å². The third-order valence-corrected chi connectivity index (χ3v) is 3.64. The van der Waals surface area contributed by atoms with Crippen molar-refractivity contribution < 1.29 is 9.59 Å². The molecule has 1 aliphatic carbocycles. The molecule has 0 bridgehead atoms. The summed E-state index contributed by atoms with van der Waals surface area (Å²) >= 11 is 0. The molecule has 1 atom stereocenters. The molecule has 17 heavy (non-hydrogen) atoms.